The Labute approximate surface area is 208 Å². The quantitative estimate of drug-likeness (QED) is 0.395. The molecule has 1 saturated carbocycles. The van der Waals surface area contributed by atoms with Gasteiger partial charge in [-0.2, -0.15) is 0 Å². The lowest BCUT2D eigenvalue weighted by Gasteiger charge is -2.26. The maximum absolute atomic E-state index is 14.7. The molecule has 1 fully saturated rings. The summed E-state index contributed by atoms with van der Waals surface area (Å²) in [4.78, 5) is 13.5. The first-order valence-corrected chi connectivity index (χ1v) is 13.4. The van der Waals surface area contributed by atoms with Gasteiger partial charge in [0.15, 0.2) is 0 Å². The molecule has 0 bridgehead atoms. The number of halogens is 3. The van der Waals surface area contributed by atoms with Gasteiger partial charge in [0, 0.05) is 24.1 Å². The molecule has 1 aliphatic carbocycles. The Hall–Kier alpha value is -2.99. The summed E-state index contributed by atoms with van der Waals surface area (Å²) in [5.41, 5.74) is 8.55. The van der Waals surface area contributed by atoms with Gasteiger partial charge in [0.2, 0.25) is 21.9 Å². The van der Waals surface area contributed by atoms with Gasteiger partial charge in [-0.1, -0.05) is 6.07 Å². The van der Waals surface area contributed by atoms with E-state index in [1.54, 1.807) is 12.3 Å². The first-order valence-electron chi connectivity index (χ1n) is 11.7. The Bertz CT molecular complexity index is 1360. The lowest BCUT2D eigenvalue weighted by Crippen LogP contribution is -2.33. The number of hydrogen-bond acceptors (Lipinski definition) is 7. The second kappa shape index (κ2) is 10.2. The fourth-order valence-electron chi connectivity index (χ4n) is 4.14. The number of rotatable bonds is 8. The Morgan fingerprint density at radius 3 is 2.53 bits per heavy atom. The molecule has 8 nitrogen and oxygen atoms in total. The van der Waals surface area contributed by atoms with E-state index in [2.05, 4.69) is 20.3 Å². The number of benzene rings is 1. The average Bonchev–Trinajstić information content (AvgIpc) is 2.80. The lowest BCUT2D eigenvalue weighted by molar-refractivity contribution is 0.0189. The fourth-order valence-corrected chi connectivity index (χ4v) is 5.37. The van der Waals surface area contributed by atoms with Crippen molar-refractivity contribution in [2.45, 2.75) is 64.0 Å². The van der Waals surface area contributed by atoms with Crippen LogP contribution in [0.15, 0.2) is 30.5 Å². The van der Waals surface area contributed by atoms with Crippen LogP contribution in [0.25, 0.3) is 22.3 Å². The van der Waals surface area contributed by atoms with Gasteiger partial charge in [-0.05, 0) is 63.3 Å². The van der Waals surface area contributed by atoms with Crippen molar-refractivity contribution in [1.82, 2.24) is 15.0 Å². The molecule has 0 atom stereocenters. The maximum atomic E-state index is 14.7. The number of aromatic nitrogens is 3. The number of alkyl halides is 2. The molecular formula is C24H29F3N6O2S. The average molecular weight is 523 g/mol. The van der Waals surface area contributed by atoms with E-state index in [1.165, 1.54) is 12.1 Å². The zero-order valence-corrected chi connectivity index (χ0v) is 20.9. The maximum Gasteiger partial charge on any atom is 0.246 e. The number of hydrogen-bond donors (Lipinski definition) is 3. The van der Waals surface area contributed by atoms with Crippen molar-refractivity contribution < 1.29 is 21.6 Å². The van der Waals surface area contributed by atoms with Crippen LogP contribution in [-0.4, -0.2) is 47.1 Å². The van der Waals surface area contributed by atoms with Crippen LogP contribution in [0.5, 0.6) is 0 Å². The van der Waals surface area contributed by atoms with Crippen LogP contribution in [0, 0.1) is 12.7 Å². The molecule has 1 aliphatic rings. The zero-order valence-electron chi connectivity index (χ0n) is 20.1. The first-order chi connectivity index (χ1) is 16.9. The minimum Gasteiger partial charge on any atom is -0.351 e. The number of pyridine rings is 1. The van der Waals surface area contributed by atoms with Crippen LogP contribution >= 0.6 is 0 Å². The van der Waals surface area contributed by atoms with Crippen molar-refractivity contribution in [3.8, 4) is 11.3 Å². The molecular weight excluding hydrogens is 493 g/mol. The third kappa shape index (κ3) is 6.61. The van der Waals surface area contributed by atoms with Gasteiger partial charge < -0.3 is 11.1 Å². The molecule has 0 aliphatic heterocycles. The van der Waals surface area contributed by atoms with Crippen LogP contribution in [0.1, 0.15) is 44.6 Å². The van der Waals surface area contributed by atoms with Gasteiger partial charge >= 0.3 is 0 Å². The molecule has 0 unspecified atom stereocenters. The highest BCUT2D eigenvalue weighted by Crippen LogP contribution is 2.28. The molecule has 0 amide bonds. The molecule has 194 valence electrons. The predicted octanol–water partition coefficient (Wildman–Crippen LogP) is 4.61. The Balaban J connectivity index is 1.52. The van der Waals surface area contributed by atoms with Crippen molar-refractivity contribution in [3.63, 3.8) is 0 Å². The van der Waals surface area contributed by atoms with Gasteiger partial charge in [-0.3, -0.25) is 4.72 Å². The number of nitrogens with zero attached hydrogens (tertiary/aromatic N) is 3. The molecule has 3 aromatic rings. The Morgan fingerprint density at radius 2 is 1.86 bits per heavy atom. The van der Waals surface area contributed by atoms with E-state index < -0.39 is 33.9 Å². The summed E-state index contributed by atoms with van der Waals surface area (Å²) in [6.45, 7) is 2.50. The standard InChI is InChI=1S/C24H29F3N6O2S/c1-14-11-20(15-3-8-19(18(25)12-15)33-36(34,35)10-9-24(2,26)27)31-21-13-29-23(32-22(14)21)30-17-6-4-16(28)5-7-17/h3,8,11-13,16-17,33H,4-7,9-10,28H2,1-2H3,(H,29,30,32)/t16-,17-. The molecule has 0 spiro atoms. The van der Waals surface area contributed by atoms with E-state index in [0.717, 1.165) is 37.3 Å². The van der Waals surface area contributed by atoms with Crippen molar-refractivity contribution in [3.05, 3.63) is 41.8 Å². The Kier molecular flexibility index (Phi) is 7.37. The highest BCUT2D eigenvalue weighted by atomic mass is 32.2. The molecule has 0 saturated heterocycles. The Morgan fingerprint density at radius 1 is 1.14 bits per heavy atom. The number of anilines is 2. The summed E-state index contributed by atoms with van der Waals surface area (Å²) >= 11 is 0. The second-order valence-corrected chi connectivity index (χ2v) is 11.3. The van der Waals surface area contributed by atoms with Crippen molar-refractivity contribution in [1.29, 1.82) is 0 Å². The van der Waals surface area contributed by atoms with Crippen molar-refractivity contribution >= 4 is 32.7 Å². The first kappa shape index (κ1) is 26.1. The molecule has 2 heterocycles. The number of fused-ring (bicyclic) bond motifs is 1. The van der Waals surface area contributed by atoms with Gasteiger partial charge in [-0.15, -0.1) is 0 Å². The molecule has 4 rings (SSSR count). The highest BCUT2D eigenvalue weighted by Gasteiger charge is 2.25. The minimum absolute atomic E-state index is 0.249. The summed E-state index contributed by atoms with van der Waals surface area (Å²) in [7, 11) is -4.14. The largest absolute Gasteiger partial charge is 0.351 e. The number of sulfonamides is 1. The zero-order chi connectivity index (χ0) is 26.1. The number of aryl methyl sites for hydroxylation is 1. The fraction of sp³-hybridized carbons (Fsp3) is 0.458. The molecule has 2 aromatic heterocycles. The van der Waals surface area contributed by atoms with Gasteiger partial charge in [0.1, 0.15) is 11.3 Å². The second-order valence-electron chi connectivity index (χ2n) is 9.44. The third-order valence-electron chi connectivity index (χ3n) is 6.18. The molecule has 1 aromatic carbocycles. The van der Waals surface area contributed by atoms with Crippen LogP contribution in [0.3, 0.4) is 0 Å². The van der Waals surface area contributed by atoms with Crippen molar-refractivity contribution in [2.75, 3.05) is 15.8 Å². The normalized spacial score (nSPS) is 18.8. The number of nitrogens with one attached hydrogen (secondary N) is 2. The summed E-state index contributed by atoms with van der Waals surface area (Å²) < 4.78 is 66.9. The molecule has 36 heavy (non-hydrogen) atoms. The van der Waals surface area contributed by atoms with Crippen LogP contribution in [0.4, 0.5) is 24.8 Å². The van der Waals surface area contributed by atoms with E-state index in [9.17, 15) is 21.6 Å². The molecule has 12 heteroatoms. The molecule has 0 radical (unpaired) electrons. The van der Waals surface area contributed by atoms with Gasteiger partial charge in [0.25, 0.3) is 0 Å². The summed E-state index contributed by atoms with van der Waals surface area (Å²) in [5.74, 6) is -4.29. The third-order valence-corrected chi connectivity index (χ3v) is 7.45. The van der Waals surface area contributed by atoms with E-state index in [0.29, 0.717) is 35.2 Å². The minimum atomic E-state index is -4.14. The van der Waals surface area contributed by atoms with Crippen LogP contribution < -0.4 is 15.8 Å². The predicted molar refractivity (Wildman–Crippen MR) is 134 cm³/mol. The molecule has 4 N–H and O–H groups in total. The van der Waals surface area contributed by atoms with Crippen LogP contribution in [-0.2, 0) is 10.0 Å². The summed E-state index contributed by atoms with van der Waals surface area (Å²) in [6, 6.07) is 6.18. The van der Waals surface area contributed by atoms with E-state index >= 15 is 0 Å². The monoisotopic (exact) mass is 522 g/mol. The van der Waals surface area contributed by atoms with Crippen molar-refractivity contribution in [2.24, 2.45) is 5.73 Å². The topological polar surface area (TPSA) is 123 Å². The smallest absolute Gasteiger partial charge is 0.246 e. The summed E-state index contributed by atoms with van der Waals surface area (Å²) in [5, 5.41) is 3.36. The van der Waals surface area contributed by atoms with E-state index in [1.807, 2.05) is 11.6 Å². The summed E-state index contributed by atoms with van der Waals surface area (Å²) in [6.07, 6.45) is 4.58. The number of nitrogens with two attached hydrogens (primary N) is 1. The lowest BCUT2D eigenvalue weighted by atomic mass is 9.92. The highest BCUT2D eigenvalue weighted by molar-refractivity contribution is 7.92. The van der Waals surface area contributed by atoms with E-state index in [-0.39, 0.29) is 17.8 Å². The SMILES string of the molecule is Cc1cc(-c2ccc(NS(=O)(=O)CCC(C)(F)F)c(F)c2)nc2cnc(N[C@H]3CC[C@H](N)CC3)nc12. The van der Waals surface area contributed by atoms with Gasteiger partial charge in [-0.25, -0.2) is 36.5 Å². The van der Waals surface area contributed by atoms with Gasteiger partial charge in [0.05, 0.1) is 28.8 Å². The van der Waals surface area contributed by atoms with Crippen LogP contribution in [0.2, 0.25) is 0 Å². The van der Waals surface area contributed by atoms with E-state index in [4.69, 9.17) is 5.73 Å².